The fourth-order valence-electron chi connectivity index (χ4n) is 3.88. The molecular weight excluding hydrogens is 362 g/mol. The van der Waals surface area contributed by atoms with Crippen LogP contribution in [0.15, 0.2) is 48.5 Å². The Morgan fingerprint density at radius 2 is 1.72 bits per heavy atom. The van der Waals surface area contributed by atoms with Crippen molar-refractivity contribution in [2.45, 2.75) is 45.7 Å². The van der Waals surface area contributed by atoms with E-state index < -0.39 is 0 Å². The molecule has 29 heavy (non-hydrogen) atoms. The van der Waals surface area contributed by atoms with Crippen LogP contribution in [0.25, 0.3) is 0 Å². The summed E-state index contributed by atoms with van der Waals surface area (Å²) in [6, 6.07) is 16.0. The smallest absolute Gasteiger partial charge is 0.225 e. The van der Waals surface area contributed by atoms with E-state index in [0.717, 1.165) is 29.8 Å². The van der Waals surface area contributed by atoms with E-state index in [2.05, 4.69) is 28.4 Å². The van der Waals surface area contributed by atoms with Crippen molar-refractivity contribution in [3.05, 3.63) is 65.2 Å². The zero-order valence-corrected chi connectivity index (χ0v) is 17.6. The predicted molar refractivity (Wildman–Crippen MR) is 117 cm³/mol. The first kappa shape index (κ1) is 20.9. The highest BCUT2D eigenvalue weighted by atomic mass is 16.2. The molecule has 0 aromatic heterocycles. The van der Waals surface area contributed by atoms with Crippen LogP contribution < -0.4 is 10.2 Å². The summed E-state index contributed by atoms with van der Waals surface area (Å²) in [5.74, 6) is -0.119. The molecule has 2 aromatic rings. The molecule has 1 heterocycles. The molecule has 1 fully saturated rings. The standard InChI is InChI=1S/C24H31N3O2/c1-18-10-12-20(13-11-18)22(25-19(2)28)16-24(29)26(3)17-21-8-4-5-9-23(21)27-14-6-7-15-27/h4-5,8-13,22H,6-7,14-17H2,1-3H3,(H,25,28). The SMILES string of the molecule is CC(=O)NC(CC(=O)N(C)Cc1ccccc1N1CCCC1)c1ccc(C)cc1. The van der Waals surface area contributed by atoms with E-state index in [-0.39, 0.29) is 24.3 Å². The van der Waals surface area contributed by atoms with Gasteiger partial charge in [0.1, 0.15) is 0 Å². The van der Waals surface area contributed by atoms with Gasteiger partial charge in [0, 0.05) is 39.3 Å². The topological polar surface area (TPSA) is 52.7 Å². The number of anilines is 1. The van der Waals surface area contributed by atoms with Crippen molar-refractivity contribution in [2.75, 3.05) is 25.0 Å². The lowest BCUT2D eigenvalue weighted by atomic mass is 10.0. The molecule has 2 aromatic carbocycles. The first-order chi connectivity index (χ1) is 13.9. The number of nitrogens with zero attached hydrogens (tertiary/aromatic N) is 2. The Morgan fingerprint density at radius 1 is 1.07 bits per heavy atom. The van der Waals surface area contributed by atoms with Crippen molar-refractivity contribution in [2.24, 2.45) is 0 Å². The van der Waals surface area contributed by atoms with Crippen LogP contribution in [0.4, 0.5) is 5.69 Å². The van der Waals surface area contributed by atoms with Gasteiger partial charge in [-0.3, -0.25) is 9.59 Å². The Hall–Kier alpha value is -2.82. The molecule has 0 bridgehead atoms. The third-order valence-corrected chi connectivity index (χ3v) is 5.51. The number of amides is 2. The lowest BCUT2D eigenvalue weighted by Gasteiger charge is -2.26. The number of para-hydroxylation sites is 1. The first-order valence-electron chi connectivity index (χ1n) is 10.3. The highest BCUT2D eigenvalue weighted by molar-refractivity contribution is 5.79. The maximum absolute atomic E-state index is 13.0. The Balaban J connectivity index is 1.70. The summed E-state index contributed by atoms with van der Waals surface area (Å²) >= 11 is 0. The van der Waals surface area contributed by atoms with E-state index in [1.165, 1.54) is 25.5 Å². The highest BCUT2D eigenvalue weighted by Crippen LogP contribution is 2.26. The zero-order valence-electron chi connectivity index (χ0n) is 17.6. The number of carbonyl (C=O) groups is 2. The van der Waals surface area contributed by atoms with Crippen LogP contribution in [0.2, 0.25) is 0 Å². The van der Waals surface area contributed by atoms with Crippen LogP contribution >= 0.6 is 0 Å². The van der Waals surface area contributed by atoms with Gasteiger partial charge in [-0.25, -0.2) is 0 Å². The van der Waals surface area contributed by atoms with Gasteiger partial charge in [-0.15, -0.1) is 0 Å². The Kier molecular flexibility index (Phi) is 6.91. The predicted octanol–water partition coefficient (Wildman–Crippen LogP) is 3.82. The fourth-order valence-corrected chi connectivity index (χ4v) is 3.88. The second-order valence-corrected chi connectivity index (χ2v) is 7.94. The minimum Gasteiger partial charge on any atom is -0.371 e. The van der Waals surface area contributed by atoms with Gasteiger partial charge in [0.2, 0.25) is 11.8 Å². The van der Waals surface area contributed by atoms with E-state index in [0.29, 0.717) is 6.54 Å². The molecule has 0 aliphatic carbocycles. The second-order valence-electron chi connectivity index (χ2n) is 7.94. The van der Waals surface area contributed by atoms with Crippen molar-refractivity contribution in [1.29, 1.82) is 0 Å². The minimum atomic E-state index is -0.322. The summed E-state index contributed by atoms with van der Waals surface area (Å²) in [6.45, 7) is 6.22. The molecule has 1 atom stereocenters. The third kappa shape index (κ3) is 5.59. The Labute approximate surface area is 173 Å². The van der Waals surface area contributed by atoms with Crippen LogP contribution in [-0.4, -0.2) is 36.9 Å². The molecule has 1 aliphatic rings. The number of carbonyl (C=O) groups excluding carboxylic acids is 2. The van der Waals surface area contributed by atoms with Crippen molar-refractivity contribution >= 4 is 17.5 Å². The first-order valence-corrected chi connectivity index (χ1v) is 10.3. The van der Waals surface area contributed by atoms with Crippen LogP contribution in [0, 0.1) is 6.92 Å². The van der Waals surface area contributed by atoms with Crippen molar-refractivity contribution < 1.29 is 9.59 Å². The van der Waals surface area contributed by atoms with E-state index in [1.807, 2.05) is 44.3 Å². The lowest BCUT2D eigenvalue weighted by molar-refractivity contribution is -0.131. The summed E-state index contributed by atoms with van der Waals surface area (Å²) in [5.41, 5.74) is 4.49. The molecule has 1 N–H and O–H groups in total. The van der Waals surface area contributed by atoms with Gasteiger partial charge >= 0.3 is 0 Å². The van der Waals surface area contributed by atoms with Gasteiger partial charge in [-0.2, -0.15) is 0 Å². The number of nitrogens with one attached hydrogen (secondary N) is 1. The molecule has 2 amide bonds. The quantitative estimate of drug-likeness (QED) is 0.778. The zero-order chi connectivity index (χ0) is 20.8. The van der Waals surface area contributed by atoms with Gasteiger partial charge in [0.25, 0.3) is 0 Å². The molecule has 1 unspecified atom stereocenters. The molecule has 154 valence electrons. The van der Waals surface area contributed by atoms with Crippen LogP contribution in [0.5, 0.6) is 0 Å². The van der Waals surface area contributed by atoms with Crippen LogP contribution in [-0.2, 0) is 16.1 Å². The molecule has 5 heteroatoms. The average Bonchev–Trinajstić information content (AvgIpc) is 3.22. The summed E-state index contributed by atoms with van der Waals surface area (Å²) in [5, 5.41) is 2.93. The molecule has 5 nitrogen and oxygen atoms in total. The van der Waals surface area contributed by atoms with Gasteiger partial charge < -0.3 is 15.1 Å². The third-order valence-electron chi connectivity index (χ3n) is 5.51. The van der Waals surface area contributed by atoms with Gasteiger partial charge in [0.15, 0.2) is 0 Å². The highest BCUT2D eigenvalue weighted by Gasteiger charge is 2.21. The maximum Gasteiger partial charge on any atom is 0.225 e. The summed E-state index contributed by atoms with van der Waals surface area (Å²) in [7, 11) is 1.84. The molecule has 1 saturated heterocycles. The van der Waals surface area contributed by atoms with Gasteiger partial charge in [-0.05, 0) is 37.0 Å². The van der Waals surface area contributed by atoms with Gasteiger partial charge in [-0.1, -0.05) is 48.0 Å². The fraction of sp³-hybridized carbons (Fsp3) is 0.417. The number of hydrogen-bond acceptors (Lipinski definition) is 3. The largest absolute Gasteiger partial charge is 0.371 e. The monoisotopic (exact) mass is 393 g/mol. The number of hydrogen-bond donors (Lipinski definition) is 1. The summed E-state index contributed by atoms with van der Waals surface area (Å²) < 4.78 is 0. The summed E-state index contributed by atoms with van der Waals surface area (Å²) in [6.07, 6.45) is 2.68. The van der Waals surface area contributed by atoms with E-state index in [9.17, 15) is 9.59 Å². The molecule has 0 spiro atoms. The summed E-state index contributed by atoms with van der Waals surface area (Å²) in [4.78, 5) is 28.8. The van der Waals surface area contributed by atoms with Crippen molar-refractivity contribution in [1.82, 2.24) is 10.2 Å². The van der Waals surface area contributed by atoms with Crippen molar-refractivity contribution in [3.8, 4) is 0 Å². The van der Waals surface area contributed by atoms with Gasteiger partial charge in [0.05, 0.1) is 12.5 Å². The minimum absolute atomic E-state index is 0.0144. The van der Waals surface area contributed by atoms with Crippen LogP contribution in [0.3, 0.4) is 0 Å². The molecule has 0 radical (unpaired) electrons. The number of aryl methyl sites for hydroxylation is 1. The Bertz CT molecular complexity index is 841. The van der Waals surface area contributed by atoms with E-state index in [4.69, 9.17) is 0 Å². The average molecular weight is 394 g/mol. The molecular formula is C24H31N3O2. The molecule has 0 saturated carbocycles. The van der Waals surface area contributed by atoms with Crippen molar-refractivity contribution in [3.63, 3.8) is 0 Å². The normalized spacial score (nSPS) is 14.5. The molecule has 1 aliphatic heterocycles. The second kappa shape index (κ2) is 9.59. The Morgan fingerprint density at radius 3 is 2.38 bits per heavy atom. The van der Waals surface area contributed by atoms with E-state index >= 15 is 0 Å². The molecule has 3 rings (SSSR count). The van der Waals surface area contributed by atoms with Crippen LogP contribution in [0.1, 0.15) is 48.9 Å². The lowest BCUT2D eigenvalue weighted by Crippen LogP contribution is -2.34. The maximum atomic E-state index is 13.0. The van der Waals surface area contributed by atoms with E-state index in [1.54, 1.807) is 4.90 Å². The number of rotatable bonds is 7. The number of benzene rings is 2.